The second kappa shape index (κ2) is 11.2. The van der Waals surface area contributed by atoms with Crippen LogP contribution in [0.4, 0.5) is 5.69 Å². The van der Waals surface area contributed by atoms with Crippen LogP contribution < -0.4 is 15.8 Å². The first kappa shape index (κ1) is 26.0. The fourth-order valence-electron chi connectivity index (χ4n) is 4.64. The van der Waals surface area contributed by atoms with Gasteiger partial charge in [0.05, 0.1) is 41.8 Å². The highest BCUT2D eigenvalue weighted by Gasteiger charge is 2.32. The molecule has 0 spiro atoms. The molecule has 0 radical (unpaired) electrons. The Morgan fingerprint density at radius 2 is 1.91 bits per heavy atom. The minimum absolute atomic E-state index is 0.127. The summed E-state index contributed by atoms with van der Waals surface area (Å²) in [6.07, 6.45) is 4.75. The highest BCUT2D eigenvalue weighted by molar-refractivity contribution is 7.88. The zero-order valence-corrected chi connectivity index (χ0v) is 21.1. The van der Waals surface area contributed by atoms with Gasteiger partial charge in [-0.1, -0.05) is 11.6 Å². The number of hydrogen-bond acceptors (Lipinski definition) is 7. The molecule has 1 aromatic rings. The number of ether oxygens (including phenoxy) is 2. The first-order valence-electron chi connectivity index (χ1n) is 11.3. The molecule has 1 aromatic carbocycles. The van der Waals surface area contributed by atoms with Crippen molar-refractivity contribution in [3.05, 3.63) is 22.7 Å². The second-order valence-electron chi connectivity index (χ2n) is 8.91. The van der Waals surface area contributed by atoms with E-state index in [1.54, 1.807) is 17.5 Å². The number of nitrogens with zero attached hydrogens (tertiary/aromatic N) is 2. The normalized spacial score (nSPS) is 23.4. The monoisotopic (exact) mass is 502 g/mol. The Balaban J connectivity index is 1.51. The molecule has 2 heterocycles. The number of benzene rings is 1. The number of carbonyl (C=O) groups is 1. The quantitative estimate of drug-likeness (QED) is 0.521. The summed E-state index contributed by atoms with van der Waals surface area (Å²) in [6.45, 7) is 3.73. The van der Waals surface area contributed by atoms with Gasteiger partial charge in [0.2, 0.25) is 10.0 Å². The average molecular weight is 503 g/mol. The largest absolute Gasteiger partial charge is 0.496 e. The van der Waals surface area contributed by atoms with Gasteiger partial charge in [0.1, 0.15) is 5.75 Å². The van der Waals surface area contributed by atoms with Crippen molar-refractivity contribution >= 4 is 33.2 Å². The SMILES string of the molecule is COc1cc(N)c(Cl)cc1C(=O)N[C@@H]1CCN(CCC2CCN(S(C)(=O)=O)CC2)C[C@@H]1OC. The van der Waals surface area contributed by atoms with Gasteiger partial charge in [0, 0.05) is 39.4 Å². The van der Waals surface area contributed by atoms with Gasteiger partial charge in [-0.2, -0.15) is 0 Å². The molecule has 0 aliphatic carbocycles. The van der Waals surface area contributed by atoms with E-state index in [2.05, 4.69) is 10.2 Å². The lowest BCUT2D eigenvalue weighted by Crippen LogP contribution is -2.55. The zero-order valence-electron chi connectivity index (χ0n) is 19.5. The fourth-order valence-corrected chi connectivity index (χ4v) is 5.68. The smallest absolute Gasteiger partial charge is 0.255 e. The third kappa shape index (κ3) is 6.73. The summed E-state index contributed by atoms with van der Waals surface area (Å²) in [5, 5.41) is 3.38. The lowest BCUT2D eigenvalue weighted by molar-refractivity contribution is 0.00441. The average Bonchev–Trinajstić information content (AvgIpc) is 2.79. The minimum Gasteiger partial charge on any atom is -0.496 e. The third-order valence-corrected chi connectivity index (χ3v) is 8.35. The van der Waals surface area contributed by atoms with E-state index in [0.29, 0.717) is 41.0 Å². The number of nitrogens with one attached hydrogen (secondary N) is 1. The van der Waals surface area contributed by atoms with Crippen LogP contribution in [0.2, 0.25) is 5.02 Å². The Bertz CT molecular complexity index is 937. The van der Waals surface area contributed by atoms with Crippen molar-refractivity contribution in [3.8, 4) is 5.75 Å². The minimum atomic E-state index is -3.09. The van der Waals surface area contributed by atoms with E-state index in [1.807, 2.05) is 0 Å². The topological polar surface area (TPSA) is 114 Å². The summed E-state index contributed by atoms with van der Waals surface area (Å²) in [6, 6.07) is 2.95. The molecule has 0 unspecified atom stereocenters. The Morgan fingerprint density at radius 3 is 2.52 bits per heavy atom. The number of sulfonamides is 1. The molecule has 2 aliphatic heterocycles. The number of piperidine rings is 2. The van der Waals surface area contributed by atoms with Crippen LogP contribution in [0, 0.1) is 5.92 Å². The van der Waals surface area contributed by atoms with Crippen molar-refractivity contribution in [1.29, 1.82) is 0 Å². The van der Waals surface area contributed by atoms with Crippen LogP contribution in [0.5, 0.6) is 5.75 Å². The van der Waals surface area contributed by atoms with Crippen molar-refractivity contribution in [1.82, 2.24) is 14.5 Å². The molecule has 186 valence electrons. The highest BCUT2D eigenvalue weighted by Crippen LogP contribution is 2.29. The van der Waals surface area contributed by atoms with Crippen molar-refractivity contribution in [2.75, 3.05) is 58.9 Å². The zero-order chi connectivity index (χ0) is 24.2. The van der Waals surface area contributed by atoms with Gasteiger partial charge in [-0.3, -0.25) is 4.79 Å². The molecular formula is C22H35ClN4O5S. The van der Waals surface area contributed by atoms with E-state index >= 15 is 0 Å². The number of nitrogens with two attached hydrogens (primary N) is 1. The standard InChI is InChI=1S/C22H35ClN4O5S/c1-31-20-13-18(24)17(23)12-16(20)22(28)25-19-7-9-26(14-21(19)32-2)8-4-15-5-10-27(11-6-15)33(3,29)30/h12-13,15,19,21H,4-11,14,24H2,1-3H3,(H,25,28)/t19-,21+/m1/s1. The van der Waals surface area contributed by atoms with Crippen LogP contribution in [-0.2, 0) is 14.8 Å². The lowest BCUT2D eigenvalue weighted by Gasteiger charge is -2.39. The summed E-state index contributed by atoms with van der Waals surface area (Å²) in [4.78, 5) is 15.3. The predicted octanol–water partition coefficient (Wildman–Crippen LogP) is 1.81. The van der Waals surface area contributed by atoms with E-state index in [9.17, 15) is 13.2 Å². The van der Waals surface area contributed by atoms with Crippen molar-refractivity contribution < 1.29 is 22.7 Å². The number of nitrogen functional groups attached to an aromatic ring is 1. The number of likely N-dealkylation sites (tertiary alicyclic amines) is 1. The number of carbonyl (C=O) groups excluding carboxylic acids is 1. The predicted molar refractivity (Wildman–Crippen MR) is 129 cm³/mol. The molecule has 3 N–H and O–H groups in total. The molecule has 2 aliphatic rings. The van der Waals surface area contributed by atoms with Crippen LogP contribution >= 0.6 is 11.6 Å². The first-order chi connectivity index (χ1) is 15.6. The molecule has 9 nitrogen and oxygen atoms in total. The van der Waals surface area contributed by atoms with Crippen LogP contribution in [0.3, 0.4) is 0 Å². The van der Waals surface area contributed by atoms with Crippen molar-refractivity contribution in [2.45, 2.75) is 37.8 Å². The first-order valence-corrected chi connectivity index (χ1v) is 13.5. The van der Waals surface area contributed by atoms with Crippen molar-refractivity contribution in [2.24, 2.45) is 5.92 Å². The molecule has 2 saturated heterocycles. The van der Waals surface area contributed by atoms with Gasteiger partial charge in [0.25, 0.3) is 5.91 Å². The summed E-state index contributed by atoms with van der Waals surface area (Å²) < 4.78 is 36.0. The number of rotatable bonds is 8. The number of halogens is 1. The highest BCUT2D eigenvalue weighted by atomic mass is 35.5. The van der Waals surface area contributed by atoms with Crippen LogP contribution in [0.25, 0.3) is 0 Å². The van der Waals surface area contributed by atoms with Gasteiger partial charge in [-0.05, 0) is 44.2 Å². The van der Waals surface area contributed by atoms with Gasteiger partial charge in [-0.15, -0.1) is 0 Å². The Labute approximate surface area is 201 Å². The molecule has 1 amide bonds. The van der Waals surface area contributed by atoms with Crippen molar-refractivity contribution in [3.63, 3.8) is 0 Å². The molecule has 0 aromatic heterocycles. The molecule has 0 saturated carbocycles. The van der Waals surface area contributed by atoms with E-state index in [1.165, 1.54) is 19.4 Å². The maximum absolute atomic E-state index is 12.9. The van der Waals surface area contributed by atoms with Gasteiger partial charge < -0.3 is 25.4 Å². The molecule has 11 heteroatoms. The molecule has 33 heavy (non-hydrogen) atoms. The third-order valence-electron chi connectivity index (χ3n) is 6.72. The van der Waals surface area contributed by atoms with Gasteiger partial charge in [-0.25, -0.2) is 12.7 Å². The number of hydrogen-bond donors (Lipinski definition) is 2. The molecular weight excluding hydrogens is 468 g/mol. The Hall–Kier alpha value is -1.59. The fraction of sp³-hybridized carbons (Fsp3) is 0.682. The van der Waals surface area contributed by atoms with E-state index in [0.717, 1.165) is 45.3 Å². The maximum Gasteiger partial charge on any atom is 0.255 e. The molecule has 2 fully saturated rings. The molecule has 2 atom stereocenters. The number of anilines is 1. The Morgan fingerprint density at radius 1 is 1.21 bits per heavy atom. The summed E-state index contributed by atoms with van der Waals surface area (Å²) in [5.74, 6) is 0.638. The van der Waals surface area contributed by atoms with Gasteiger partial charge in [0.15, 0.2) is 0 Å². The van der Waals surface area contributed by atoms with Crippen LogP contribution in [-0.4, -0.2) is 88.9 Å². The number of methoxy groups -OCH3 is 2. The van der Waals surface area contributed by atoms with E-state index in [4.69, 9.17) is 26.8 Å². The Kier molecular flexibility index (Phi) is 8.85. The summed E-state index contributed by atoms with van der Waals surface area (Å²) in [5.41, 5.74) is 6.52. The molecule has 0 bridgehead atoms. The second-order valence-corrected chi connectivity index (χ2v) is 11.3. The number of amides is 1. The summed E-state index contributed by atoms with van der Waals surface area (Å²) in [7, 11) is 0.0584. The van der Waals surface area contributed by atoms with E-state index < -0.39 is 10.0 Å². The maximum atomic E-state index is 12.9. The molecule has 3 rings (SSSR count). The lowest BCUT2D eigenvalue weighted by atomic mass is 9.93. The van der Waals surface area contributed by atoms with Crippen LogP contribution in [0.1, 0.15) is 36.0 Å². The van der Waals surface area contributed by atoms with E-state index in [-0.39, 0.29) is 18.1 Å². The van der Waals surface area contributed by atoms with Gasteiger partial charge >= 0.3 is 0 Å². The van der Waals surface area contributed by atoms with Crippen LogP contribution in [0.15, 0.2) is 12.1 Å². The summed E-state index contributed by atoms with van der Waals surface area (Å²) >= 11 is 6.11.